The zero-order valence-corrected chi connectivity index (χ0v) is 19.6. The summed E-state index contributed by atoms with van der Waals surface area (Å²) in [6.07, 6.45) is 8.23. The van der Waals surface area contributed by atoms with Crippen molar-refractivity contribution in [3.05, 3.63) is 48.8 Å². The zero-order valence-electron chi connectivity index (χ0n) is 18.8. The third-order valence-electron chi connectivity index (χ3n) is 5.80. The normalized spacial score (nSPS) is 18.0. The summed E-state index contributed by atoms with van der Waals surface area (Å²) in [6.45, 7) is 3.74. The number of carbonyl (C=O) groups excluding carboxylic acids is 2. The molecule has 8 nitrogen and oxygen atoms in total. The van der Waals surface area contributed by atoms with Crippen LogP contribution < -0.4 is 10.6 Å². The average Bonchev–Trinajstić information content (AvgIpc) is 3.23. The Hall–Kier alpha value is -3.20. The number of hydrogen-bond acceptors (Lipinski definition) is 6. The van der Waals surface area contributed by atoms with Crippen LogP contribution in [0.1, 0.15) is 45.6 Å². The van der Waals surface area contributed by atoms with Crippen molar-refractivity contribution in [2.24, 2.45) is 5.92 Å². The van der Waals surface area contributed by atoms with E-state index in [9.17, 15) is 9.59 Å². The predicted octanol–water partition coefficient (Wildman–Crippen LogP) is 4.78. The topological polar surface area (TPSA) is 102 Å². The Morgan fingerprint density at radius 1 is 1.06 bits per heavy atom. The molecule has 0 aliphatic heterocycles. The lowest BCUT2D eigenvalue weighted by Crippen LogP contribution is -2.23. The fraction of sp³-hybridized carbons (Fsp3) is 0.375. The van der Waals surface area contributed by atoms with Crippen LogP contribution in [0.2, 0.25) is 0 Å². The molecule has 2 heterocycles. The monoisotopic (exact) mass is 464 g/mol. The van der Waals surface area contributed by atoms with E-state index in [0.29, 0.717) is 23.3 Å². The highest BCUT2D eigenvalue weighted by Gasteiger charge is 2.29. The Morgan fingerprint density at radius 2 is 1.79 bits per heavy atom. The first-order valence-corrected chi connectivity index (χ1v) is 12.2. The van der Waals surface area contributed by atoms with Gasteiger partial charge in [0.1, 0.15) is 0 Å². The highest BCUT2D eigenvalue weighted by molar-refractivity contribution is 7.99. The molecule has 172 valence electrons. The van der Waals surface area contributed by atoms with Gasteiger partial charge in [-0.3, -0.25) is 19.1 Å². The van der Waals surface area contributed by atoms with Gasteiger partial charge < -0.3 is 10.6 Å². The van der Waals surface area contributed by atoms with Gasteiger partial charge in [-0.2, -0.15) is 0 Å². The van der Waals surface area contributed by atoms with E-state index < -0.39 is 0 Å². The fourth-order valence-corrected chi connectivity index (χ4v) is 5.01. The summed E-state index contributed by atoms with van der Waals surface area (Å²) in [5.74, 6) is 1.28. The number of carbonyl (C=O) groups is 2. The van der Waals surface area contributed by atoms with Crippen LogP contribution in [0.3, 0.4) is 0 Å². The molecule has 1 aliphatic carbocycles. The number of anilines is 2. The summed E-state index contributed by atoms with van der Waals surface area (Å²) < 4.78 is 2.21. The Bertz CT molecular complexity index is 1100. The van der Waals surface area contributed by atoms with Crippen LogP contribution in [0.25, 0.3) is 11.4 Å². The maximum Gasteiger partial charge on any atom is 0.234 e. The van der Waals surface area contributed by atoms with Gasteiger partial charge in [-0.05, 0) is 55.2 Å². The van der Waals surface area contributed by atoms with Gasteiger partial charge in [0, 0.05) is 42.3 Å². The molecule has 0 bridgehead atoms. The molecule has 3 aromatic rings. The molecule has 2 atom stereocenters. The van der Waals surface area contributed by atoms with Crippen molar-refractivity contribution in [1.29, 1.82) is 0 Å². The van der Waals surface area contributed by atoms with E-state index in [-0.39, 0.29) is 17.6 Å². The standard InChI is InChI=1S/C24H28N6O2S/c1-16-6-3-4-8-21(16)30-23(18-7-5-13-25-14-18)28-29-24(30)33-15-22(32)27-20-11-9-19(10-12-20)26-17(2)31/h5,7,9-14,16,21H,3-4,6,8,15H2,1-2H3,(H,26,31)(H,27,32)/t16-,21-/m0/s1. The number of thioether (sulfide) groups is 1. The van der Waals surface area contributed by atoms with Gasteiger partial charge in [0.05, 0.1) is 5.75 Å². The molecule has 1 aromatic carbocycles. The molecule has 2 N–H and O–H groups in total. The zero-order chi connectivity index (χ0) is 23.2. The Kier molecular flexibility index (Phi) is 7.39. The van der Waals surface area contributed by atoms with Gasteiger partial charge >= 0.3 is 0 Å². The Labute approximate surface area is 197 Å². The number of nitrogens with zero attached hydrogens (tertiary/aromatic N) is 4. The average molecular weight is 465 g/mol. The first-order valence-electron chi connectivity index (χ1n) is 11.2. The maximum atomic E-state index is 12.6. The van der Waals surface area contributed by atoms with Gasteiger partial charge in [0.25, 0.3) is 0 Å². The molecule has 0 radical (unpaired) electrons. The molecular weight excluding hydrogens is 436 g/mol. The summed E-state index contributed by atoms with van der Waals surface area (Å²) in [7, 11) is 0. The minimum absolute atomic E-state index is 0.124. The molecule has 4 rings (SSSR count). The molecule has 1 saturated carbocycles. The molecule has 1 aliphatic rings. The van der Waals surface area contributed by atoms with Crippen molar-refractivity contribution < 1.29 is 9.59 Å². The largest absolute Gasteiger partial charge is 0.326 e. The number of nitrogens with one attached hydrogen (secondary N) is 2. The molecular formula is C24H28N6O2S. The predicted molar refractivity (Wildman–Crippen MR) is 130 cm³/mol. The van der Waals surface area contributed by atoms with Gasteiger partial charge in [0.15, 0.2) is 11.0 Å². The summed E-state index contributed by atoms with van der Waals surface area (Å²) in [6, 6.07) is 11.2. The second kappa shape index (κ2) is 10.6. The van der Waals surface area contributed by atoms with E-state index in [1.807, 2.05) is 12.1 Å². The fourth-order valence-electron chi connectivity index (χ4n) is 4.21. The highest BCUT2D eigenvalue weighted by Crippen LogP contribution is 2.38. The van der Waals surface area contributed by atoms with Gasteiger partial charge in [-0.15, -0.1) is 10.2 Å². The maximum absolute atomic E-state index is 12.6. The lowest BCUT2D eigenvalue weighted by molar-refractivity contribution is -0.114. The molecule has 0 saturated heterocycles. The lowest BCUT2D eigenvalue weighted by atomic mass is 9.85. The number of amides is 2. The van der Waals surface area contributed by atoms with Crippen LogP contribution in [-0.4, -0.2) is 37.3 Å². The third kappa shape index (κ3) is 5.78. The van der Waals surface area contributed by atoms with Crippen molar-refractivity contribution in [3.8, 4) is 11.4 Å². The molecule has 2 aromatic heterocycles. The minimum atomic E-state index is -0.134. The molecule has 33 heavy (non-hydrogen) atoms. The Balaban J connectivity index is 1.48. The van der Waals surface area contributed by atoms with E-state index in [4.69, 9.17) is 0 Å². The highest BCUT2D eigenvalue weighted by atomic mass is 32.2. The number of aromatic nitrogens is 4. The van der Waals surface area contributed by atoms with Crippen LogP contribution in [-0.2, 0) is 9.59 Å². The van der Waals surface area contributed by atoms with Crippen LogP contribution in [0.5, 0.6) is 0 Å². The summed E-state index contributed by atoms with van der Waals surface area (Å²) in [4.78, 5) is 28.0. The smallest absolute Gasteiger partial charge is 0.234 e. The van der Waals surface area contributed by atoms with E-state index in [1.165, 1.54) is 37.9 Å². The summed E-state index contributed by atoms with van der Waals surface area (Å²) in [5.41, 5.74) is 2.29. The van der Waals surface area contributed by atoms with Gasteiger partial charge in [-0.1, -0.05) is 31.5 Å². The van der Waals surface area contributed by atoms with E-state index >= 15 is 0 Å². The van der Waals surface area contributed by atoms with Crippen LogP contribution in [0.4, 0.5) is 11.4 Å². The molecule has 0 spiro atoms. The number of rotatable bonds is 7. The van der Waals surface area contributed by atoms with Gasteiger partial charge in [0.2, 0.25) is 11.8 Å². The van der Waals surface area contributed by atoms with Crippen LogP contribution >= 0.6 is 11.8 Å². The first kappa shape index (κ1) is 23.0. The molecule has 9 heteroatoms. The summed E-state index contributed by atoms with van der Waals surface area (Å²) in [5, 5.41) is 15.3. The van der Waals surface area contributed by atoms with Crippen molar-refractivity contribution in [2.75, 3.05) is 16.4 Å². The SMILES string of the molecule is CC(=O)Nc1ccc(NC(=O)CSc2nnc(-c3cccnc3)n2[C@H]2CCCC[C@@H]2C)cc1. The summed E-state index contributed by atoms with van der Waals surface area (Å²) >= 11 is 1.40. The molecule has 2 amide bonds. The third-order valence-corrected chi connectivity index (χ3v) is 6.75. The van der Waals surface area contributed by atoms with Crippen molar-refractivity contribution in [1.82, 2.24) is 19.7 Å². The number of pyridine rings is 1. The first-order chi connectivity index (χ1) is 16.0. The number of benzene rings is 1. The second-order valence-corrected chi connectivity index (χ2v) is 9.28. The quantitative estimate of drug-likeness (QED) is 0.488. The Morgan fingerprint density at radius 3 is 2.45 bits per heavy atom. The lowest BCUT2D eigenvalue weighted by Gasteiger charge is -2.31. The molecule has 0 unspecified atom stereocenters. The van der Waals surface area contributed by atoms with Crippen molar-refractivity contribution >= 4 is 35.0 Å². The van der Waals surface area contributed by atoms with Crippen molar-refractivity contribution in [3.63, 3.8) is 0 Å². The minimum Gasteiger partial charge on any atom is -0.326 e. The number of hydrogen-bond donors (Lipinski definition) is 2. The van der Waals surface area contributed by atoms with E-state index in [1.54, 1.807) is 36.7 Å². The van der Waals surface area contributed by atoms with Crippen molar-refractivity contribution in [2.45, 2.75) is 50.7 Å². The second-order valence-electron chi connectivity index (χ2n) is 8.34. The van der Waals surface area contributed by atoms with Crippen LogP contribution in [0, 0.1) is 5.92 Å². The molecule has 1 fully saturated rings. The van der Waals surface area contributed by atoms with E-state index in [2.05, 4.69) is 37.3 Å². The van der Waals surface area contributed by atoms with Crippen LogP contribution in [0.15, 0.2) is 53.9 Å². The van der Waals surface area contributed by atoms with E-state index in [0.717, 1.165) is 23.0 Å². The van der Waals surface area contributed by atoms with Gasteiger partial charge in [-0.25, -0.2) is 0 Å².